The van der Waals surface area contributed by atoms with E-state index in [4.69, 9.17) is 5.11 Å². The number of aryl methyl sites for hydroxylation is 1. The number of benzene rings is 1. The fraction of sp³-hybridized carbons (Fsp3) is 0.538. The highest BCUT2D eigenvalue weighted by molar-refractivity contribution is 5.64. The Morgan fingerprint density at radius 2 is 2.33 bits per heavy atom. The summed E-state index contributed by atoms with van der Waals surface area (Å²) in [5.41, 5.74) is 1.78. The van der Waals surface area contributed by atoms with Crippen LogP contribution in [-0.2, 0) is 0 Å². The molecule has 1 aromatic rings. The van der Waals surface area contributed by atoms with Crippen LogP contribution in [0.5, 0.6) is 0 Å². The van der Waals surface area contributed by atoms with Crippen molar-refractivity contribution in [2.75, 3.05) is 24.6 Å². The lowest BCUT2D eigenvalue weighted by Crippen LogP contribution is -2.21. The van der Waals surface area contributed by atoms with E-state index in [0.717, 1.165) is 31.5 Å². The van der Waals surface area contributed by atoms with E-state index in [1.807, 2.05) is 19.1 Å². The van der Waals surface area contributed by atoms with Crippen molar-refractivity contribution in [1.82, 2.24) is 0 Å². The van der Waals surface area contributed by atoms with Gasteiger partial charge >= 0.3 is 0 Å². The number of anilines is 1. The first-order valence-electron chi connectivity index (χ1n) is 6.22. The van der Waals surface area contributed by atoms with Crippen LogP contribution in [0.3, 0.4) is 0 Å². The van der Waals surface area contributed by atoms with E-state index in [0.29, 0.717) is 11.6 Å². The van der Waals surface area contributed by atoms with Gasteiger partial charge in [-0.1, -0.05) is 6.07 Å². The lowest BCUT2D eigenvalue weighted by Gasteiger charge is -2.18. The molecule has 0 aliphatic carbocycles. The minimum atomic E-state index is -0.318. The van der Waals surface area contributed by atoms with Crippen molar-refractivity contribution in [3.8, 4) is 0 Å². The van der Waals surface area contributed by atoms with Crippen LogP contribution in [0.25, 0.3) is 0 Å². The Hall–Kier alpha value is -1.62. The largest absolute Gasteiger partial charge is 0.396 e. The second-order valence-electron chi connectivity index (χ2n) is 4.86. The summed E-state index contributed by atoms with van der Waals surface area (Å²) in [6.45, 7) is 3.67. The molecular formula is C13H18N2O3. The van der Waals surface area contributed by atoms with Gasteiger partial charge in [0.1, 0.15) is 5.69 Å². The fourth-order valence-corrected chi connectivity index (χ4v) is 2.52. The third-order valence-electron chi connectivity index (χ3n) is 3.49. The highest BCUT2D eigenvalue weighted by atomic mass is 16.6. The molecule has 0 aromatic heterocycles. The summed E-state index contributed by atoms with van der Waals surface area (Å²) in [6.07, 6.45) is 1.77. The molecule has 5 nitrogen and oxygen atoms in total. The standard InChI is InChI=1S/C13H18N2O3/c1-10-2-3-12(13(8-10)15(17)18)14-6-4-11(9-14)5-7-16/h2-3,8,11,16H,4-7,9H2,1H3/t11-/m1/s1. The van der Waals surface area contributed by atoms with Crippen LogP contribution in [0.1, 0.15) is 18.4 Å². The van der Waals surface area contributed by atoms with E-state index >= 15 is 0 Å². The zero-order chi connectivity index (χ0) is 13.1. The van der Waals surface area contributed by atoms with Crippen molar-refractivity contribution < 1.29 is 10.0 Å². The van der Waals surface area contributed by atoms with Crippen LogP contribution in [0.15, 0.2) is 18.2 Å². The predicted octanol–water partition coefficient (Wildman–Crippen LogP) is 2.11. The molecule has 0 unspecified atom stereocenters. The predicted molar refractivity (Wildman–Crippen MR) is 69.9 cm³/mol. The van der Waals surface area contributed by atoms with Gasteiger partial charge in [-0.25, -0.2) is 0 Å². The number of rotatable bonds is 4. The molecule has 1 N–H and O–H groups in total. The third kappa shape index (κ3) is 2.61. The van der Waals surface area contributed by atoms with E-state index in [9.17, 15) is 10.1 Å². The number of nitro benzene ring substituents is 1. The van der Waals surface area contributed by atoms with Crippen LogP contribution in [-0.4, -0.2) is 29.7 Å². The molecular weight excluding hydrogens is 232 g/mol. The Bertz CT molecular complexity index is 448. The summed E-state index contributed by atoms with van der Waals surface area (Å²) < 4.78 is 0. The van der Waals surface area contributed by atoms with Crippen LogP contribution in [0.4, 0.5) is 11.4 Å². The number of nitro groups is 1. The summed E-state index contributed by atoms with van der Waals surface area (Å²) in [5, 5.41) is 20.0. The first-order chi connectivity index (χ1) is 8.61. The van der Waals surface area contributed by atoms with Gasteiger partial charge in [-0.2, -0.15) is 0 Å². The first-order valence-corrected chi connectivity index (χ1v) is 6.22. The van der Waals surface area contributed by atoms with Gasteiger partial charge in [-0.05, 0) is 37.3 Å². The molecule has 18 heavy (non-hydrogen) atoms. The molecule has 1 atom stereocenters. The van der Waals surface area contributed by atoms with Crippen molar-refractivity contribution in [2.24, 2.45) is 5.92 Å². The summed E-state index contributed by atoms with van der Waals surface area (Å²) in [6, 6.07) is 5.35. The second-order valence-corrected chi connectivity index (χ2v) is 4.86. The molecule has 1 heterocycles. The molecule has 1 fully saturated rings. The van der Waals surface area contributed by atoms with Crippen LogP contribution < -0.4 is 4.90 Å². The molecule has 0 spiro atoms. The minimum Gasteiger partial charge on any atom is -0.396 e. The van der Waals surface area contributed by atoms with E-state index in [1.165, 1.54) is 0 Å². The summed E-state index contributed by atoms with van der Waals surface area (Å²) in [4.78, 5) is 12.8. The average Bonchev–Trinajstić information content (AvgIpc) is 2.78. The lowest BCUT2D eigenvalue weighted by molar-refractivity contribution is -0.384. The van der Waals surface area contributed by atoms with Gasteiger partial charge in [-0.3, -0.25) is 10.1 Å². The molecule has 1 aliphatic heterocycles. The van der Waals surface area contributed by atoms with Crippen LogP contribution in [0, 0.1) is 23.0 Å². The Labute approximate surface area is 106 Å². The second kappa shape index (κ2) is 5.35. The number of aliphatic hydroxyl groups is 1. The summed E-state index contributed by atoms with van der Waals surface area (Å²) in [5.74, 6) is 0.441. The van der Waals surface area contributed by atoms with Gasteiger partial charge in [-0.15, -0.1) is 0 Å². The summed E-state index contributed by atoms with van der Waals surface area (Å²) in [7, 11) is 0. The van der Waals surface area contributed by atoms with Gasteiger partial charge < -0.3 is 10.0 Å². The van der Waals surface area contributed by atoms with Gasteiger partial charge in [0.05, 0.1) is 4.92 Å². The Morgan fingerprint density at radius 1 is 1.56 bits per heavy atom. The van der Waals surface area contributed by atoms with E-state index in [1.54, 1.807) is 6.07 Å². The van der Waals surface area contributed by atoms with Gasteiger partial charge in [0.15, 0.2) is 0 Å². The number of nitrogens with zero attached hydrogens (tertiary/aromatic N) is 2. The SMILES string of the molecule is Cc1ccc(N2CC[C@H](CCO)C2)c([N+](=O)[O-])c1. The van der Waals surface area contributed by atoms with Crippen molar-refractivity contribution in [2.45, 2.75) is 19.8 Å². The Balaban J connectivity index is 2.21. The number of hydrogen-bond acceptors (Lipinski definition) is 4. The topological polar surface area (TPSA) is 66.6 Å². The molecule has 0 radical (unpaired) electrons. The number of hydrogen-bond donors (Lipinski definition) is 1. The molecule has 1 saturated heterocycles. The van der Waals surface area contributed by atoms with E-state index < -0.39 is 0 Å². The highest BCUT2D eigenvalue weighted by Crippen LogP contribution is 2.33. The van der Waals surface area contributed by atoms with Crippen molar-refractivity contribution in [3.05, 3.63) is 33.9 Å². The van der Waals surface area contributed by atoms with Gasteiger partial charge in [0.2, 0.25) is 0 Å². The highest BCUT2D eigenvalue weighted by Gasteiger charge is 2.27. The summed E-state index contributed by atoms with van der Waals surface area (Å²) >= 11 is 0. The van der Waals surface area contributed by atoms with Gasteiger partial charge in [0, 0.05) is 25.8 Å². The van der Waals surface area contributed by atoms with Gasteiger partial charge in [0.25, 0.3) is 5.69 Å². The van der Waals surface area contributed by atoms with E-state index in [2.05, 4.69) is 4.90 Å². The molecule has 0 bridgehead atoms. The Morgan fingerprint density at radius 3 is 3.00 bits per heavy atom. The van der Waals surface area contributed by atoms with Crippen LogP contribution in [0.2, 0.25) is 0 Å². The molecule has 1 aliphatic rings. The number of aliphatic hydroxyl groups excluding tert-OH is 1. The molecule has 0 amide bonds. The van der Waals surface area contributed by atoms with Crippen molar-refractivity contribution >= 4 is 11.4 Å². The maximum absolute atomic E-state index is 11.1. The third-order valence-corrected chi connectivity index (χ3v) is 3.49. The maximum Gasteiger partial charge on any atom is 0.292 e. The Kier molecular flexibility index (Phi) is 3.81. The monoisotopic (exact) mass is 250 g/mol. The molecule has 1 aromatic carbocycles. The van der Waals surface area contributed by atoms with Crippen molar-refractivity contribution in [1.29, 1.82) is 0 Å². The zero-order valence-electron chi connectivity index (χ0n) is 10.5. The minimum absolute atomic E-state index is 0.180. The molecule has 0 saturated carbocycles. The van der Waals surface area contributed by atoms with Crippen LogP contribution >= 0.6 is 0 Å². The molecule has 98 valence electrons. The normalized spacial score (nSPS) is 19.2. The smallest absolute Gasteiger partial charge is 0.292 e. The zero-order valence-corrected chi connectivity index (χ0v) is 10.5. The van der Waals surface area contributed by atoms with E-state index in [-0.39, 0.29) is 17.2 Å². The maximum atomic E-state index is 11.1. The molecule has 5 heteroatoms. The van der Waals surface area contributed by atoms with Crippen molar-refractivity contribution in [3.63, 3.8) is 0 Å². The first kappa shape index (κ1) is 12.8. The lowest BCUT2D eigenvalue weighted by atomic mass is 10.1. The average molecular weight is 250 g/mol. The fourth-order valence-electron chi connectivity index (χ4n) is 2.52. The quantitative estimate of drug-likeness (QED) is 0.656. The molecule has 2 rings (SSSR count).